The van der Waals surface area contributed by atoms with E-state index in [2.05, 4.69) is 4.72 Å². The third-order valence-corrected chi connectivity index (χ3v) is 5.28. The molecule has 0 bridgehead atoms. The maximum Gasteiger partial charge on any atom is 0.335 e. The van der Waals surface area contributed by atoms with Gasteiger partial charge in [-0.15, -0.1) is 0 Å². The molecule has 1 unspecified atom stereocenters. The summed E-state index contributed by atoms with van der Waals surface area (Å²) in [4.78, 5) is 10.7. The second-order valence-electron chi connectivity index (χ2n) is 5.04. The van der Waals surface area contributed by atoms with E-state index in [1.807, 2.05) is 20.8 Å². The highest BCUT2D eigenvalue weighted by Crippen LogP contribution is 2.22. The highest BCUT2D eigenvalue weighted by molar-refractivity contribution is 7.89. The van der Waals surface area contributed by atoms with E-state index in [1.165, 1.54) is 12.1 Å². The number of carbonyl (C=O) groups is 1. The van der Waals surface area contributed by atoms with Crippen LogP contribution in [0.2, 0.25) is 0 Å². The van der Waals surface area contributed by atoms with Gasteiger partial charge in [0.25, 0.3) is 0 Å². The van der Waals surface area contributed by atoms with E-state index in [9.17, 15) is 13.2 Å². The van der Waals surface area contributed by atoms with E-state index in [0.29, 0.717) is 0 Å². The highest BCUT2D eigenvalue weighted by atomic mass is 32.2. The summed E-state index contributed by atoms with van der Waals surface area (Å²) < 4.78 is 27.3. The fourth-order valence-electron chi connectivity index (χ4n) is 2.33. The third-order valence-electron chi connectivity index (χ3n) is 3.64. The lowest BCUT2D eigenvalue weighted by Gasteiger charge is -2.22. The van der Waals surface area contributed by atoms with E-state index in [4.69, 9.17) is 10.8 Å². The summed E-state index contributed by atoms with van der Waals surface area (Å²) >= 11 is 0. The average Bonchev–Trinajstić information content (AvgIpc) is 2.38. The summed E-state index contributed by atoms with van der Waals surface area (Å²) in [7, 11) is -3.77. The number of benzene rings is 1. The Kier molecular flexibility index (Phi) is 5.74. The third kappa shape index (κ3) is 4.18. The van der Waals surface area contributed by atoms with E-state index in [1.54, 1.807) is 0 Å². The first-order valence-electron chi connectivity index (χ1n) is 6.88. The number of nitrogens with two attached hydrogens (primary N) is 1. The number of anilines is 1. The number of rotatable bonds is 7. The van der Waals surface area contributed by atoms with Crippen LogP contribution in [-0.4, -0.2) is 25.5 Å². The lowest BCUT2D eigenvalue weighted by Crippen LogP contribution is -2.38. The summed E-state index contributed by atoms with van der Waals surface area (Å²) in [5.41, 5.74) is 5.57. The molecule has 1 aromatic rings. The van der Waals surface area contributed by atoms with Crippen LogP contribution in [-0.2, 0) is 10.0 Å². The molecule has 0 spiro atoms. The van der Waals surface area contributed by atoms with E-state index in [-0.39, 0.29) is 28.1 Å². The molecule has 0 fully saturated rings. The van der Waals surface area contributed by atoms with Gasteiger partial charge in [-0.2, -0.15) is 0 Å². The monoisotopic (exact) mass is 314 g/mol. The molecule has 1 rings (SSSR count). The molecule has 0 radical (unpaired) electrons. The van der Waals surface area contributed by atoms with Crippen LogP contribution in [0.5, 0.6) is 0 Å². The van der Waals surface area contributed by atoms with Gasteiger partial charge < -0.3 is 10.8 Å². The Bertz CT molecular complexity index is 609. The minimum Gasteiger partial charge on any atom is -0.478 e. The number of aromatic carboxylic acids is 1. The fraction of sp³-hybridized carbons (Fsp3) is 0.500. The van der Waals surface area contributed by atoms with Gasteiger partial charge in [0.2, 0.25) is 10.0 Å². The standard InChI is InChI=1S/C14H22N2O4S/c1-4-10(5-2)9(3)16-21(19,20)13-7-6-11(14(17)18)8-12(13)15/h6-10,16H,4-5,15H2,1-3H3,(H,17,18). The summed E-state index contributed by atoms with van der Waals surface area (Å²) in [6, 6.07) is 3.39. The smallest absolute Gasteiger partial charge is 0.335 e. The van der Waals surface area contributed by atoms with E-state index < -0.39 is 16.0 Å². The molecule has 118 valence electrons. The summed E-state index contributed by atoms with van der Waals surface area (Å²) in [5.74, 6) is -0.914. The van der Waals surface area contributed by atoms with Crippen LogP contribution >= 0.6 is 0 Å². The zero-order chi connectivity index (χ0) is 16.2. The van der Waals surface area contributed by atoms with Crippen LogP contribution in [0.25, 0.3) is 0 Å². The quantitative estimate of drug-likeness (QED) is 0.667. The molecule has 0 saturated heterocycles. The van der Waals surface area contributed by atoms with Crippen molar-refractivity contribution in [2.75, 3.05) is 5.73 Å². The molecule has 0 aliphatic heterocycles. The Balaban J connectivity index is 3.06. The molecular weight excluding hydrogens is 292 g/mol. The lowest BCUT2D eigenvalue weighted by atomic mass is 9.96. The first-order chi connectivity index (χ1) is 9.72. The second kappa shape index (κ2) is 6.91. The van der Waals surface area contributed by atoms with Crippen molar-refractivity contribution in [3.8, 4) is 0 Å². The molecule has 0 heterocycles. The molecule has 7 heteroatoms. The topological polar surface area (TPSA) is 109 Å². The second-order valence-corrected chi connectivity index (χ2v) is 6.73. The molecule has 1 aromatic carbocycles. The van der Waals surface area contributed by atoms with Crippen LogP contribution in [0.3, 0.4) is 0 Å². The molecule has 21 heavy (non-hydrogen) atoms. The van der Waals surface area contributed by atoms with E-state index in [0.717, 1.165) is 18.9 Å². The number of nitrogen functional groups attached to an aromatic ring is 1. The molecule has 4 N–H and O–H groups in total. The summed E-state index contributed by atoms with van der Waals surface area (Å²) in [6.45, 7) is 5.83. The SMILES string of the molecule is CCC(CC)C(C)NS(=O)(=O)c1ccc(C(=O)O)cc1N. The lowest BCUT2D eigenvalue weighted by molar-refractivity contribution is 0.0697. The van der Waals surface area contributed by atoms with Crippen molar-refractivity contribution in [1.82, 2.24) is 4.72 Å². The number of sulfonamides is 1. The minimum absolute atomic E-state index is 0.0421. The average molecular weight is 314 g/mol. The fourth-order valence-corrected chi connectivity index (χ4v) is 3.75. The zero-order valence-corrected chi connectivity index (χ0v) is 13.3. The van der Waals surface area contributed by atoms with Gasteiger partial charge in [0.05, 0.1) is 11.3 Å². The molecule has 1 atom stereocenters. The molecule has 0 aliphatic carbocycles. The van der Waals surface area contributed by atoms with Crippen molar-refractivity contribution < 1.29 is 18.3 Å². The van der Waals surface area contributed by atoms with Gasteiger partial charge in [0.15, 0.2) is 0 Å². The maximum atomic E-state index is 12.3. The largest absolute Gasteiger partial charge is 0.478 e. The number of carboxylic acid groups (broad SMARTS) is 1. The summed E-state index contributed by atoms with van der Waals surface area (Å²) in [5, 5.41) is 8.86. The maximum absolute atomic E-state index is 12.3. The summed E-state index contributed by atoms with van der Waals surface area (Å²) in [6.07, 6.45) is 1.74. The van der Waals surface area contributed by atoms with Gasteiger partial charge in [-0.3, -0.25) is 0 Å². The van der Waals surface area contributed by atoms with Crippen molar-refractivity contribution in [3.63, 3.8) is 0 Å². The zero-order valence-electron chi connectivity index (χ0n) is 12.5. The van der Waals surface area contributed by atoms with Crippen LogP contribution in [0, 0.1) is 5.92 Å². The van der Waals surface area contributed by atoms with Crippen molar-refractivity contribution in [2.24, 2.45) is 5.92 Å². The first-order valence-corrected chi connectivity index (χ1v) is 8.36. The van der Waals surface area contributed by atoms with Gasteiger partial charge >= 0.3 is 5.97 Å². The van der Waals surface area contributed by atoms with Crippen molar-refractivity contribution in [1.29, 1.82) is 0 Å². The molecule has 0 aliphatic rings. The van der Waals surface area contributed by atoms with Crippen LogP contribution in [0.4, 0.5) is 5.69 Å². The van der Waals surface area contributed by atoms with Gasteiger partial charge in [-0.25, -0.2) is 17.9 Å². The first kappa shape index (κ1) is 17.5. The van der Waals surface area contributed by atoms with Crippen molar-refractivity contribution >= 4 is 21.7 Å². The Hall–Kier alpha value is -1.60. The molecule has 0 amide bonds. The highest BCUT2D eigenvalue weighted by Gasteiger charge is 2.24. The molecule has 0 aromatic heterocycles. The Morgan fingerprint density at radius 2 is 1.90 bits per heavy atom. The Morgan fingerprint density at radius 1 is 1.33 bits per heavy atom. The Labute approximate surface area is 125 Å². The molecule has 0 saturated carbocycles. The molecular formula is C14H22N2O4S. The number of hydrogen-bond donors (Lipinski definition) is 3. The minimum atomic E-state index is -3.77. The van der Waals surface area contributed by atoms with Crippen LogP contribution in [0.15, 0.2) is 23.1 Å². The van der Waals surface area contributed by atoms with Gasteiger partial charge in [-0.05, 0) is 31.0 Å². The predicted octanol–water partition coefficient (Wildman–Crippen LogP) is 2.07. The van der Waals surface area contributed by atoms with Gasteiger partial charge in [0.1, 0.15) is 4.90 Å². The van der Waals surface area contributed by atoms with Crippen LogP contribution in [0.1, 0.15) is 44.0 Å². The van der Waals surface area contributed by atoms with Crippen molar-refractivity contribution in [3.05, 3.63) is 23.8 Å². The van der Waals surface area contributed by atoms with Gasteiger partial charge in [0, 0.05) is 6.04 Å². The van der Waals surface area contributed by atoms with Gasteiger partial charge in [-0.1, -0.05) is 26.7 Å². The number of nitrogens with one attached hydrogen (secondary N) is 1. The molecule has 6 nitrogen and oxygen atoms in total. The number of carboxylic acids is 1. The normalized spacial score (nSPS) is 13.3. The van der Waals surface area contributed by atoms with Crippen molar-refractivity contribution in [2.45, 2.75) is 44.6 Å². The van der Waals surface area contributed by atoms with E-state index >= 15 is 0 Å². The predicted molar refractivity (Wildman–Crippen MR) is 81.7 cm³/mol. The Morgan fingerprint density at radius 3 is 2.33 bits per heavy atom. The number of hydrogen-bond acceptors (Lipinski definition) is 4. The van der Waals surface area contributed by atoms with Crippen LogP contribution < -0.4 is 10.5 Å².